The van der Waals surface area contributed by atoms with Crippen molar-refractivity contribution in [3.8, 4) is 6.07 Å². The van der Waals surface area contributed by atoms with E-state index in [2.05, 4.69) is 11.0 Å². The number of nitriles is 1. The van der Waals surface area contributed by atoms with Crippen molar-refractivity contribution in [3.05, 3.63) is 34.6 Å². The number of nitrogens with zero attached hydrogens (tertiary/aromatic N) is 3. The van der Waals surface area contributed by atoms with Gasteiger partial charge in [-0.05, 0) is 18.6 Å². The summed E-state index contributed by atoms with van der Waals surface area (Å²) < 4.78 is 13.4. The normalized spacial score (nSPS) is 17.3. The van der Waals surface area contributed by atoms with Gasteiger partial charge in [0.05, 0.1) is 22.7 Å². The van der Waals surface area contributed by atoms with Crippen molar-refractivity contribution in [1.82, 2.24) is 9.80 Å². The third-order valence-electron chi connectivity index (χ3n) is 3.76. The highest BCUT2D eigenvalue weighted by Crippen LogP contribution is 2.22. The largest absolute Gasteiger partial charge is 0.336 e. The standard InChI is InChI=1S/C15H17ClFN3O/c1-2-11(10-18)19-6-8-20(9-7-19)15(21)12-4-3-5-13(17)14(12)16/h3-5,11H,2,6-9H2,1H3. The maximum atomic E-state index is 13.4. The van der Waals surface area contributed by atoms with Gasteiger partial charge >= 0.3 is 0 Å². The highest BCUT2D eigenvalue weighted by atomic mass is 35.5. The molecule has 1 heterocycles. The number of hydrogen-bond acceptors (Lipinski definition) is 3. The van der Waals surface area contributed by atoms with Crippen molar-refractivity contribution < 1.29 is 9.18 Å². The molecule has 1 aliphatic rings. The van der Waals surface area contributed by atoms with Crippen LogP contribution in [0.4, 0.5) is 4.39 Å². The third kappa shape index (κ3) is 3.34. The van der Waals surface area contributed by atoms with Crippen molar-refractivity contribution in [1.29, 1.82) is 5.26 Å². The lowest BCUT2D eigenvalue weighted by Gasteiger charge is -2.36. The topological polar surface area (TPSA) is 47.3 Å². The molecule has 2 rings (SSSR count). The number of halogens is 2. The van der Waals surface area contributed by atoms with Crippen LogP contribution >= 0.6 is 11.6 Å². The predicted molar refractivity (Wildman–Crippen MR) is 78.6 cm³/mol. The van der Waals surface area contributed by atoms with E-state index in [-0.39, 0.29) is 22.5 Å². The molecule has 21 heavy (non-hydrogen) atoms. The van der Waals surface area contributed by atoms with Gasteiger partial charge < -0.3 is 4.90 Å². The molecule has 0 N–H and O–H groups in total. The molecular formula is C15H17ClFN3O. The summed E-state index contributed by atoms with van der Waals surface area (Å²) in [5, 5.41) is 8.94. The minimum atomic E-state index is -0.586. The van der Waals surface area contributed by atoms with Gasteiger partial charge in [-0.1, -0.05) is 24.6 Å². The van der Waals surface area contributed by atoms with Crippen LogP contribution in [0.3, 0.4) is 0 Å². The van der Waals surface area contributed by atoms with Crippen molar-refractivity contribution in [2.45, 2.75) is 19.4 Å². The molecule has 0 radical (unpaired) electrons. The van der Waals surface area contributed by atoms with Crippen LogP contribution in [-0.2, 0) is 0 Å². The van der Waals surface area contributed by atoms with E-state index in [0.29, 0.717) is 26.2 Å². The molecular weight excluding hydrogens is 293 g/mol. The molecule has 0 saturated carbocycles. The maximum Gasteiger partial charge on any atom is 0.255 e. The van der Waals surface area contributed by atoms with Crippen LogP contribution in [0.2, 0.25) is 5.02 Å². The molecule has 112 valence electrons. The monoisotopic (exact) mass is 309 g/mol. The Morgan fingerprint density at radius 3 is 2.67 bits per heavy atom. The zero-order valence-corrected chi connectivity index (χ0v) is 12.6. The molecule has 1 atom stereocenters. The molecule has 1 unspecified atom stereocenters. The molecule has 1 aromatic carbocycles. The lowest BCUT2D eigenvalue weighted by molar-refractivity contribution is 0.0604. The van der Waals surface area contributed by atoms with Crippen molar-refractivity contribution in [2.24, 2.45) is 0 Å². The molecule has 1 amide bonds. The number of hydrogen-bond donors (Lipinski definition) is 0. The van der Waals surface area contributed by atoms with Crippen LogP contribution in [0.15, 0.2) is 18.2 Å². The predicted octanol–water partition coefficient (Wildman–Crippen LogP) is 2.54. The van der Waals surface area contributed by atoms with E-state index in [1.807, 2.05) is 6.92 Å². The Hall–Kier alpha value is -1.64. The second kappa shape index (κ2) is 6.88. The van der Waals surface area contributed by atoms with Crippen LogP contribution in [0.1, 0.15) is 23.7 Å². The summed E-state index contributed by atoms with van der Waals surface area (Å²) in [7, 11) is 0. The van der Waals surface area contributed by atoms with E-state index in [0.717, 1.165) is 6.42 Å². The minimum Gasteiger partial charge on any atom is -0.336 e. The fraction of sp³-hybridized carbons (Fsp3) is 0.467. The second-order valence-corrected chi connectivity index (χ2v) is 5.36. The zero-order chi connectivity index (χ0) is 15.4. The highest BCUT2D eigenvalue weighted by Gasteiger charge is 2.27. The summed E-state index contributed by atoms with van der Waals surface area (Å²) >= 11 is 5.86. The van der Waals surface area contributed by atoms with Gasteiger partial charge in [0.2, 0.25) is 0 Å². The average molecular weight is 310 g/mol. The van der Waals surface area contributed by atoms with Gasteiger partial charge in [-0.25, -0.2) is 4.39 Å². The van der Waals surface area contributed by atoms with Gasteiger partial charge in [-0.15, -0.1) is 0 Å². The number of piperazine rings is 1. The summed E-state index contributed by atoms with van der Waals surface area (Å²) in [5.41, 5.74) is 0.192. The molecule has 0 bridgehead atoms. The molecule has 1 saturated heterocycles. The molecule has 0 spiro atoms. The first-order chi connectivity index (χ1) is 10.1. The van der Waals surface area contributed by atoms with E-state index in [9.17, 15) is 9.18 Å². The fourth-order valence-corrected chi connectivity index (χ4v) is 2.71. The first-order valence-electron chi connectivity index (χ1n) is 6.95. The van der Waals surface area contributed by atoms with E-state index >= 15 is 0 Å². The third-order valence-corrected chi connectivity index (χ3v) is 4.14. The number of rotatable bonds is 3. The Kier molecular flexibility index (Phi) is 5.16. The van der Waals surface area contributed by atoms with Crippen LogP contribution in [0, 0.1) is 17.1 Å². The summed E-state index contributed by atoms with van der Waals surface area (Å²) in [6.45, 7) is 4.29. The van der Waals surface area contributed by atoms with Crippen molar-refractivity contribution in [3.63, 3.8) is 0 Å². The Morgan fingerprint density at radius 1 is 1.43 bits per heavy atom. The summed E-state index contributed by atoms with van der Waals surface area (Å²) in [4.78, 5) is 16.1. The van der Waals surface area contributed by atoms with Gasteiger partial charge in [0.1, 0.15) is 5.82 Å². The molecule has 4 nitrogen and oxygen atoms in total. The van der Waals surface area contributed by atoms with E-state index in [1.165, 1.54) is 18.2 Å². The smallest absolute Gasteiger partial charge is 0.255 e. The van der Waals surface area contributed by atoms with Crippen LogP contribution in [0.5, 0.6) is 0 Å². The SMILES string of the molecule is CCC(C#N)N1CCN(C(=O)c2cccc(F)c2Cl)CC1. The van der Waals surface area contributed by atoms with E-state index < -0.39 is 5.82 Å². The van der Waals surface area contributed by atoms with Crippen molar-refractivity contribution >= 4 is 17.5 Å². The summed E-state index contributed by atoms with van der Waals surface area (Å²) in [5.74, 6) is -0.846. The minimum absolute atomic E-state index is 0.111. The number of benzene rings is 1. The van der Waals surface area contributed by atoms with E-state index in [1.54, 1.807) is 4.90 Å². The van der Waals surface area contributed by atoms with Gasteiger partial charge in [-0.3, -0.25) is 9.69 Å². The maximum absolute atomic E-state index is 13.4. The van der Waals surface area contributed by atoms with Crippen LogP contribution < -0.4 is 0 Å². The number of carbonyl (C=O) groups excluding carboxylic acids is 1. The van der Waals surface area contributed by atoms with E-state index in [4.69, 9.17) is 16.9 Å². The highest BCUT2D eigenvalue weighted by molar-refractivity contribution is 6.34. The Labute approximate surface area is 128 Å². The summed E-state index contributed by atoms with van der Waals surface area (Å²) in [6, 6.07) is 6.40. The van der Waals surface area contributed by atoms with Crippen LogP contribution in [-0.4, -0.2) is 47.9 Å². The molecule has 0 aliphatic carbocycles. The Morgan fingerprint density at radius 2 is 2.10 bits per heavy atom. The molecule has 0 aromatic heterocycles. The fourth-order valence-electron chi connectivity index (χ4n) is 2.51. The Bertz CT molecular complexity index is 565. The quantitative estimate of drug-likeness (QED) is 0.862. The molecule has 1 aliphatic heterocycles. The van der Waals surface area contributed by atoms with Gasteiger partial charge in [0.25, 0.3) is 5.91 Å². The lowest BCUT2D eigenvalue weighted by Crippen LogP contribution is -2.51. The number of amides is 1. The zero-order valence-electron chi connectivity index (χ0n) is 11.9. The molecule has 1 fully saturated rings. The van der Waals surface area contributed by atoms with Gasteiger partial charge in [0, 0.05) is 26.2 Å². The molecule has 6 heteroatoms. The second-order valence-electron chi connectivity index (χ2n) is 4.98. The van der Waals surface area contributed by atoms with Crippen molar-refractivity contribution in [2.75, 3.05) is 26.2 Å². The van der Waals surface area contributed by atoms with Gasteiger partial charge in [-0.2, -0.15) is 5.26 Å². The lowest BCUT2D eigenvalue weighted by atomic mass is 10.1. The first kappa shape index (κ1) is 15.7. The van der Waals surface area contributed by atoms with Gasteiger partial charge in [0.15, 0.2) is 0 Å². The van der Waals surface area contributed by atoms with Crippen LogP contribution in [0.25, 0.3) is 0 Å². The number of carbonyl (C=O) groups is 1. The Balaban J connectivity index is 2.04. The average Bonchev–Trinajstić information content (AvgIpc) is 2.51. The molecule has 1 aromatic rings. The first-order valence-corrected chi connectivity index (χ1v) is 7.33. The summed E-state index contributed by atoms with van der Waals surface area (Å²) in [6.07, 6.45) is 0.764.